The van der Waals surface area contributed by atoms with E-state index in [4.69, 9.17) is 0 Å². The standard InChI is InChI=1S/C18H19N3OS/c1-11-4-3-5-13(8-11)10-21-18(22)16-14-7-6-12(2)9-15(14)23-17(16)19-20-21/h3-5,8,12H,6-7,9-10H2,1-2H3/t12-/m1/s1. The van der Waals surface area contributed by atoms with Gasteiger partial charge in [-0.2, -0.15) is 0 Å². The number of nitrogens with zero attached hydrogens (tertiary/aromatic N) is 3. The average molecular weight is 325 g/mol. The van der Waals surface area contributed by atoms with Crippen LogP contribution in [0.3, 0.4) is 0 Å². The van der Waals surface area contributed by atoms with Crippen molar-refractivity contribution in [2.24, 2.45) is 5.92 Å². The van der Waals surface area contributed by atoms with Crippen LogP contribution in [-0.2, 0) is 19.4 Å². The Morgan fingerprint density at radius 2 is 2.26 bits per heavy atom. The van der Waals surface area contributed by atoms with E-state index in [2.05, 4.69) is 36.3 Å². The van der Waals surface area contributed by atoms with Gasteiger partial charge < -0.3 is 0 Å². The molecule has 0 spiro atoms. The van der Waals surface area contributed by atoms with E-state index in [1.807, 2.05) is 12.1 Å². The third-order valence-electron chi connectivity index (χ3n) is 4.60. The Labute approximate surface area is 138 Å². The molecule has 1 atom stereocenters. The number of fused-ring (bicyclic) bond motifs is 3. The molecule has 23 heavy (non-hydrogen) atoms. The van der Waals surface area contributed by atoms with Gasteiger partial charge in [0.05, 0.1) is 11.9 Å². The van der Waals surface area contributed by atoms with E-state index in [0.717, 1.165) is 35.0 Å². The van der Waals surface area contributed by atoms with E-state index in [9.17, 15) is 4.79 Å². The topological polar surface area (TPSA) is 47.8 Å². The van der Waals surface area contributed by atoms with Crippen molar-refractivity contribution in [3.8, 4) is 0 Å². The first-order valence-corrected chi connectivity index (χ1v) is 8.87. The predicted molar refractivity (Wildman–Crippen MR) is 93.1 cm³/mol. The predicted octanol–water partition coefficient (Wildman–Crippen LogP) is 3.33. The summed E-state index contributed by atoms with van der Waals surface area (Å²) < 4.78 is 1.50. The van der Waals surface area contributed by atoms with E-state index in [0.29, 0.717) is 12.5 Å². The number of hydrogen-bond donors (Lipinski definition) is 0. The molecule has 1 aromatic carbocycles. The Morgan fingerprint density at radius 1 is 1.39 bits per heavy atom. The lowest BCUT2D eigenvalue weighted by Gasteiger charge is -2.17. The molecular weight excluding hydrogens is 306 g/mol. The molecule has 2 aromatic heterocycles. The zero-order valence-corrected chi connectivity index (χ0v) is 14.2. The van der Waals surface area contributed by atoms with Crippen LogP contribution in [0, 0.1) is 12.8 Å². The van der Waals surface area contributed by atoms with Gasteiger partial charge >= 0.3 is 0 Å². The minimum atomic E-state index is 0.00330. The van der Waals surface area contributed by atoms with Crippen molar-refractivity contribution in [1.82, 2.24) is 15.0 Å². The molecule has 1 aliphatic carbocycles. The number of hydrogen-bond acceptors (Lipinski definition) is 4. The van der Waals surface area contributed by atoms with Gasteiger partial charge in [0.2, 0.25) is 0 Å². The highest BCUT2D eigenvalue weighted by Gasteiger charge is 2.23. The van der Waals surface area contributed by atoms with Crippen LogP contribution in [0.4, 0.5) is 0 Å². The van der Waals surface area contributed by atoms with Crippen molar-refractivity contribution in [2.45, 2.75) is 39.7 Å². The molecule has 5 heteroatoms. The van der Waals surface area contributed by atoms with E-state index >= 15 is 0 Å². The van der Waals surface area contributed by atoms with Gasteiger partial charge in [0, 0.05) is 4.88 Å². The Kier molecular flexibility index (Phi) is 3.53. The number of thiophene rings is 1. The summed E-state index contributed by atoms with van der Waals surface area (Å²) in [6.45, 7) is 4.80. The fourth-order valence-electron chi connectivity index (χ4n) is 3.38. The fourth-order valence-corrected chi connectivity index (χ4v) is 4.70. The molecule has 0 aliphatic heterocycles. The normalized spacial score (nSPS) is 17.4. The highest BCUT2D eigenvalue weighted by atomic mass is 32.1. The fraction of sp³-hybridized carbons (Fsp3) is 0.389. The zero-order chi connectivity index (χ0) is 16.0. The maximum Gasteiger partial charge on any atom is 0.279 e. The summed E-state index contributed by atoms with van der Waals surface area (Å²) in [6, 6.07) is 8.17. The van der Waals surface area contributed by atoms with Gasteiger partial charge in [-0.3, -0.25) is 4.79 Å². The summed E-state index contributed by atoms with van der Waals surface area (Å²) in [5, 5.41) is 9.29. The lowest BCUT2D eigenvalue weighted by molar-refractivity contribution is 0.508. The molecule has 0 saturated carbocycles. The Morgan fingerprint density at radius 3 is 3.09 bits per heavy atom. The first-order chi connectivity index (χ1) is 11.1. The maximum absolute atomic E-state index is 12.9. The van der Waals surface area contributed by atoms with Gasteiger partial charge in [-0.1, -0.05) is 42.0 Å². The molecule has 2 heterocycles. The van der Waals surface area contributed by atoms with Gasteiger partial charge in [-0.15, -0.1) is 16.4 Å². The van der Waals surface area contributed by atoms with Crippen LogP contribution in [0.2, 0.25) is 0 Å². The highest BCUT2D eigenvalue weighted by molar-refractivity contribution is 7.18. The molecular formula is C18H19N3OS. The van der Waals surface area contributed by atoms with Gasteiger partial charge in [0.1, 0.15) is 0 Å². The second kappa shape index (κ2) is 5.57. The Hall–Kier alpha value is -2.01. The Balaban J connectivity index is 1.80. The minimum absolute atomic E-state index is 0.00330. The monoisotopic (exact) mass is 325 g/mol. The summed E-state index contributed by atoms with van der Waals surface area (Å²) in [5.41, 5.74) is 3.49. The molecule has 0 fully saturated rings. The molecule has 0 N–H and O–H groups in total. The molecule has 0 unspecified atom stereocenters. The van der Waals surface area contributed by atoms with Crippen LogP contribution in [-0.4, -0.2) is 15.0 Å². The third-order valence-corrected chi connectivity index (χ3v) is 5.74. The largest absolute Gasteiger partial charge is 0.279 e. The average Bonchev–Trinajstić information content (AvgIpc) is 2.88. The number of benzene rings is 1. The van der Waals surface area contributed by atoms with Crippen LogP contribution in [0.15, 0.2) is 29.1 Å². The summed E-state index contributed by atoms with van der Waals surface area (Å²) in [4.78, 5) is 15.0. The molecule has 0 saturated heterocycles. The summed E-state index contributed by atoms with van der Waals surface area (Å²) in [6.07, 6.45) is 3.20. The minimum Gasteiger partial charge on any atom is -0.267 e. The van der Waals surface area contributed by atoms with E-state index in [-0.39, 0.29) is 5.56 Å². The Bertz CT molecular complexity index is 941. The maximum atomic E-state index is 12.9. The SMILES string of the molecule is Cc1cccc(Cn2nnc3sc4c(c3c2=O)CC[C@@H](C)C4)c1. The van der Waals surface area contributed by atoms with Gasteiger partial charge in [0.25, 0.3) is 5.56 Å². The van der Waals surface area contributed by atoms with E-state index in [1.165, 1.54) is 20.7 Å². The van der Waals surface area contributed by atoms with Crippen LogP contribution in [0.1, 0.15) is 34.9 Å². The summed E-state index contributed by atoms with van der Waals surface area (Å²) >= 11 is 1.65. The van der Waals surface area contributed by atoms with Gasteiger partial charge in [-0.05, 0) is 43.2 Å². The first kappa shape index (κ1) is 14.6. The van der Waals surface area contributed by atoms with Gasteiger partial charge in [-0.25, -0.2) is 4.68 Å². The smallest absolute Gasteiger partial charge is 0.267 e. The molecule has 118 valence electrons. The van der Waals surface area contributed by atoms with Crippen LogP contribution >= 0.6 is 11.3 Å². The molecule has 4 rings (SSSR count). The molecule has 0 bridgehead atoms. The lowest BCUT2D eigenvalue weighted by Crippen LogP contribution is -2.25. The lowest BCUT2D eigenvalue weighted by atomic mass is 9.89. The first-order valence-electron chi connectivity index (χ1n) is 8.05. The van der Waals surface area contributed by atoms with E-state index in [1.54, 1.807) is 11.3 Å². The second-order valence-corrected chi connectivity index (χ2v) is 7.66. The molecule has 1 aliphatic rings. The van der Waals surface area contributed by atoms with Crippen LogP contribution in [0.5, 0.6) is 0 Å². The van der Waals surface area contributed by atoms with Crippen molar-refractivity contribution in [3.63, 3.8) is 0 Å². The molecule has 0 amide bonds. The highest BCUT2D eigenvalue weighted by Crippen LogP contribution is 2.35. The van der Waals surface area contributed by atoms with Gasteiger partial charge in [0.15, 0.2) is 4.83 Å². The molecule has 0 radical (unpaired) electrons. The van der Waals surface area contributed by atoms with Crippen LogP contribution in [0.25, 0.3) is 10.2 Å². The van der Waals surface area contributed by atoms with Crippen molar-refractivity contribution in [2.75, 3.05) is 0 Å². The number of aromatic nitrogens is 3. The quantitative estimate of drug-likeness (QED) is 0.726. The summed E-state index contributed by atoms with van der Waals surface area (Å²) in [5.74, 6) is 0.693. The second-order valence-electron chi connectivity index (χ2n) is 6.57. The van der Waals surface area contributed by atoms with Crippen LogP contribution < -0.4 is 5.56 Å². The number of rotatable bonds is 2. The molecule has 3 aromatic rings. The third kappa shape index (κ3) is 2.59. The zero-order valence-electron chi connectivity index (χ0n) is 13.4. The van der Waals surface area contributed by atoms with Crippen molar-refractivity contribution < 1.29 is 0 Å². The van der Waals surface area contributed by atoms with Crippen molar-refractivity contribution >= 4 is 21.6 Å². The van der Waals surface area contributed by atoms with Crippen molar-refractivity contribution in [1.29, 1.82) is 0 Å². The number of aryl methyl sites for hydroxylation is 2. The molecule has 4 nitrogen and oxygen atoms in total. The van der Waals surface area contributed by atoms with E-state index < -0.39 is 0 Å². The summed E-state index contributed by atoms with van der Waals surface area (Å²) in [7, 11) is 0. The van der Waals surface area contributed by atoms with Crippen molar-refractivity contribution in [3.05, 3.63) is 56.2 Å².